The minimum absolute atomic E-state index is 0.0465. The van der Waals surface area contributed by atoms with Gasteiger partial charge in [-0.1, -0.05) is 17.5 Å². The van der Waals surface area contributed by atoms with E-state index in [1.807, 2.05) is 0 Å². The number of aryl methyl sites for hydroxylation is 1. The molecule has 1 rings (SSSR count). The van der Waals surface area contributed by atoms with Gasteiger partial charge in [0.25, 0.3) is 0 Å². The molecule has 98 valence electrons. The van der Waals surface area contributed by atoms with Crippen molar-refractivity contribution in [3.8, 4) is 12.3 Å². The van der Waals surface area contributed by atoms with Crippen LogP contribution >= 0.6 is 11.6 Å². The molecule has 0 aliphatic heterocycles. The average molecular weight is 287 g/mol. The van der Waals surface area contributed by atoms with Crippen molar-refractivity contribution >= 4 is 27.3 Å². The standard InChI is InChI=1S/C12H15ClN2O2S/c1-5-12(3,4)15-18(16,17)9-6-8(2)11(13)10(14)7-9/h1,6-7,15H,14H2,2-4H3. The predicted octanol–water partition coefficient (Wildman–Crippen LogP) is 1.92. The monoisotopic (exact) mass is 286 g/mol. The first kappa shape index (κ1) is 14.8. The number of anilines is 1. The van der Waals surface area contributed by atoms with Crippen LogP contribution in [0.25, 0.3) is 0 Å². The van der Waals surface area contributed by atoms with Crippen LogP contribution in [0.5, 0.6) is 0 Å². The minimum Gasteiger partial charge on any atom is -0.397 e. The van der Waals surface area contributed by atoms with E-state index in [0.717, 1.165) is 0 Å². The third-order valence-corrected chi connectivity index (χ3v) is 4.47. The Morgan fingerprint density at radius 1 is 1.44 bits per heavy atom. The van der Waals surface area contributed by atoms with E-state index in [1.165, 1.54) is 12.1 Å². The first-order valence-electron chi connectivity index (χ1n) is 5.16. The van der Waals surface area contributed by atoms with Crippen molar-refractivity contribution in [2.45, 2.75) is 31.2 Å². The summed E-state index contributed by atoms with van der Waals surface area (Å²) in [7, 11) is -3.72. The Kier molecular flexibility index (Phi) is 3.96. The van der Waals surface area contributed by atoms with Crippen LogP contribution in [-0.4, -0.2) is 14.0 Å². The lowest BCUT2D eigenvalue weighted by molar-refractivity contribution is 0.539. The average Bonchev–Trinajstić information content (AvgIpc) is 2.23. The lowest BCUT2D eigenvalue weighted by Crippen LogP contribution is -2.42. The van der Waals surface area contributed by atoms with Gasteiger partial charge in [0.2, 0.25) is 10.0 Å². The second kappa shape index (κ2) is 4.81. The summed E-state index contributed by atoms with van der Waals surface area (Å²) in [6.07, 6.45) is 5.25. The van der Waals surface area contributed by atoms with Crippen molar-refractivity contribution in [2.24, 2.45) is 0 Å². The molecule has 0 unspecified atom stereocenters. The summed E-state index contributed by atoms with van der Waals surface area (Å²) >= 11 is 5.89. The molecule has 0 aliphatic carbocycles. The number of rotatable bonds is 3. The van der Waals surface area contributed by atoms with Crippen LogP contribution in [0.2, 0.25) is 5.02 Å². The smallest absolute Gasteiger partial charge is 0.241 e. The molecular weight excluding hydrogens is 272 g/mol. The number of benzene rings is 1. The summed E-state index contributed by atoms with van der Waals surface area (Å²) in [5.74, 6) is 2.36. The van der Waals surface area contributed by atoms with Gasteiger partial charge in [-0.15, -0.1) is 6.42 Å². The summed E-state index contributed by atoms with van der Waals surface area (Å²) in [5, 5.41) is 0.352. The molecule has 0 heterocycles. The zero-order chi connectivity index (χ0) is 14.1. The first-order valence-corrected chi connectivity index (χ1v) is 7.02. The highest BCUT2D eigenvalue weighted by molar-refractivity contribution is 7.89. The lowest BCUT2D eigenvalue weighted by Gasteiger charge is -2.20. The second-order valence-electron chi connectivity index (χ2n) is 4.52. The molecule has 0 saturated heterocycles. The van der Waals surface area contributed by atoms with Crippen molar-refractivity contribution in [1.82, 2.24) is 4.72 Å². The van der Waals surface area contributed by atoms with E-state index in [2.05, 4.69) is 10.6 Å². The largest absolute Gasteiger partial charge is 0.397 e. The molecule has 6 heteroatoms. The van der Waals surface area contributed by atoms with Gasteiger partial charge in [0.05, 0.1) is 21.1 Å². The van der Waals surface area contributed by atoms with Crippen LogP contribution < -0.4 is 10.5 Å². The van der Waals surface area contributed by atoms with E-state index in [0.29, 0.717) is 10.6 Å². The lowest BCUT2D eigenvalue weighted by atomic mass is 10.1. The molecule has 0 saturated carbocycles. The van der Waals surface area contributed by atoms with Gasteiger partial charge in [0.1, 0.15) is 0 Å². The number of terminal acetylenes is 1. The Morgan fingerprint density at radius 3 is 2.44 bits per heavy atom. The molecule has 0 radical (unpaired) electrons. The zero-order valence-electron chi connectivity index (χ0n) is 10.4. The Balaban J connectivity index is 3.27. The molecule has 0 atom stereocenters. The molecule has 1 aromatic rings. The third-order valence-electron chi connectivity index (χ3n) is 2.32. The Hall–Kier alpha value is -1.22. The molecule has 18 heavy (non-hydrogen) atoms. The van der Waals surface area contributed by atoms with Crippen LogP contribution in [0.1, 0.15) is 19.4 Å². The van der Waals surface area contributed by atoms with E-state index in [4.69, 9.17) is 23.8 Å². The van der Waals surface area contributed by atoms with Crippen LogP contribution in [0.3, 0.4) is 0 Å². The maximum Gasteiger partial charge on any atom is 0.241 e. The zero-order valence-corrected chi connectivity index (χ0v) is 12.0. The second-order valence-corrected chi connectivity index (χ2v) is 6.58. The highest BCUT2D eigenvalue weighted by Gasteiger charge is 2.25. The number of hydrogen-bond acceptors (Lipinski definition) is 3. The molecule has 0 fully saturated rings. The van der Waals surface area contributed by atoms with Crippen molar-refractivity contribution in [2.75, 3.05) is 5.73 Å². The fourth-order valence-electron chi connectivity index (χ4n) is 1.34. The van der Waals surface area contributed by atoms with Gasteiger partial charge < -0.3 is 5.73 Å². The van der Waals surface area contributed by atoms with Gasteiger partial charge in [-0.05, 0) is 38.5 Å². The van der Waals surface area contributed by atoms with Crippen molar-refractivity contribution in [3.63, 3.8) is 0 Å². The molecule has 0 amide bonds. The maximum absolute atomic E-state index is 12.1. The molecule has 0 aliphatic rings. The molecule has 0 bridgehead atoms. The van der Waals surface area contributed by atoms with E-state index >= 15 is 0 Å². The fourth-order valence-corrected chi connectivity index (χ4v) is 2.91. The van der Waals surface area contributed by atoms with Crippen molar-refractivity contribution in [1.29, 1.82) is 0 Å². The molecule has 0 aromatic heterocycles. The number of sulfonamides is 1. The van der Waals surface area contributed by atoms with E-state index in [-0.39, 0.29) is 10.6 Å². The van der Waals surface area contributed by atoms with Crippen molar-refractivity contribution < 1.29 is 8.42 Å². The molecular formula is C12H15ClN2O2S. The van der Waals surface area contributed by atoms with E-state index in [9.17, 15) is 8.42 Å². The fraction of sp³-hybridized carbons (Fsp3) is 0.333. The Morgan fingerprint density at radius 2 is 2.00 bits per heavy atom. The van der Waals surface area contributed by atoms with Gasteiger partial charge in [0.15, 0.2) is 0 Å². The summed E-state index contributed by atoms with van der Waals surface area (Å²) < 4.78 is 26.6. The number of hydrogen-bond donors (Lipinski definition) is 2. The normalized spacial score (nSPS) is 12.2. The van der Waals surface area contributed by atoms with Crippen LogP contribution in [0, 0.1) is 19.3 Å². The number of nitrogens with two attached hydrogens (primary N) is 1. The van der Waals surface area contributed by atoms with Gasteiger partial charge in [0, 0.05) is 0 Å². The van der Waals surface area contributed by atoms with Gasteiger partial charge >= 0.3 is 0 Å². The third kappa shape index (κ3) is 3.16. The minimum atomic E-state index is -3.72. The summed E-state index contributed by atoms with van der Waals surface area (Å²) in [4.78, 5) is 0.0465. The van der Waals surface area contributed by atoms with Gasteiger partial charge in [-0.25, -0.2) is 8.42 Å². The topological polar surface area (TPSA) is 72.2 Å². The van der Waals surface area contributed by atoms with E-state index < -0.39 is 15.6 Å². The maximum atomic E-state index is 12.1. The summed E-state index contributed by atoms with van der Waals surface area (Å²) in [6, 6.07) is 2.76. The highest BCUT2D eigenvalue weighted by Crippen LogP contribution is 2.27. The first-order chi connectivity index (χ1) is 8.09. The Bertz CT molecular complexity index is 592. The number of halogens is 1. The van der Waals surface area contributed by atoms with Gasteiger partial charge in [-0.3, -0.25) is 0 Å². The molecule has 0 spiro atoms. The number of nitrogens with one attached hydrogen (secondary N) is 1. The quantitative estimate of drug-likeness (QED) is 0.659. The van der Waals surface area contributed by atoms with Crippen LogP contribution in [0.4, 0.5) is 5.69 Å². The summed E-state index contributed by atoms with van der Waals surface area (Å²) in [6.45, 7) is 4.87. The van der Waals surface area contributed by atoms with Crippen LogP contribution in [0.15, 0.2) is 17.0 Å². The van der Waals surface area contributed by atoms with Gasteiger partial charge in [-0.2, -0.15) is 4.72 Å². The molecule has 4 nitrogen and oxygen atoms in total. The Labute approximate surface area is 113 Å². The number of nitrogen functional groups attached to an aromatic ring is 1. The van der Waals surface area contributed by atoms with Crippen molar-refractivity contribution in [3.05, 3.63) is 22.7 Å². The van der Waals surface area contributed by atoms with Crippen LogP contribution in [-0.2, 0) is 10.0 Å². The predicted molar refractivity (Wildman–Crippen MR) is 73.8 cm³/mol. The summed E-state index contributed by atoms with van der Waals surface area (Å²) in [5.41, 5.74) is 5.49. The SMILES string of the molecule is C#CC(C)(C)NS(=O)(=O)c1cc(C)c(Cl)c(N)c1. The highest BCUT2D eigenvalue weighted by atomic mass is 35.5. The molecule has 3 N–H and O–H groups in total. The van der Waals surface area contributed by atoms with E-state index in [1.54, 1.807) is 20.8 Å². The molecule has 1 aromatic carbocycles.